The van der Waals surface area contributed by atoms with Crippen LogP contribution in [-0.4, -0.2) is 47.2 Å². The van der Waals surface area contributed by atoms with E-state index in [1.807, 2.05) is 30.3 Å². The maximum Gasteiger partial charge on any atom is 0.264 e. The number of thiophene rings is 1. The highest BCUT2D eigenvalue weighted by Gasteiger charge is 2.33. The molecule has 1 fully saturated rings. The second kappa shape index (κ2) is 6.75. The van der Waals surface area contributed by atoms with E-state index in [9.17, 15) is 14.4 Å². The number of benzene rings is 1. The predicted octanol–water partition coefficient (Wildman–Crippen LogP) is 1.80. The zero-order valence-corrected chi connectivity index (χ0v) is 13.3. The minimum absolute atomic E-state index is 0.0444. The number of amides is 3. The van der Waals surface area contributed by atoms with E-state index in [1.54, 1.807) is 17.5 Å². The highest BCUT2D eigenvalue weighted by molar-refractivity contribution is 7.12. The van der Waals surface area contributed by atoms with E-state index in [1.165, 1.54) is 21.1 Å². The second-order valence-corrected chi connectivity index (χ2v) is 6.26. The van der Waals surface area contributed by atoms with Crippen LogP contribution in [0.2, 0.25) is 0 Å². The standard InChI is InChI=1S/C17H16N2O3S/c20-15-11-18(17(22)14-7-4-10-23-14)12-16(21)19(15)9-8-13-5-2-1-3-6-13/h1-7,10H,8-9,11-12H2. The predicted molar refractivity (Wildman–Crippen MR) is 87.1 cm³/mol. The van der Waals surface area contributed by atoms with Gasteiger partial charge in [-0.05, 0) is 23.4 Å². The Morgan fingerprint density at radius 1 is 1.00 bits per heavy atom. The molecule has 2 aromatic rings. The van der Waals surface area contributed by atoms with Gasteiger partial charge in [-0.15, -0.1) is 11.3 Å². The summed E-state index contributed by atoms with van der Waals surface area (Å²) in [6.07, 6.45) is 0.622. The number of hydrogen-bond donors (Lipinski definition) is 0. The molecule has 1 aromatic carbocycles. The first kappa shape index (κ1) is 15.4. The van der Waals surface area contributed by atoms with Crippen molar-refractivity contribution < 1.29 is 14.4 Å². The van der Waals surface area contributed by atoms with Crippen LogP contribution in [-0.2, 0) is 16.0 Å². The summed E-state index contributed by atoms with van der Waals surface area (Å²) in [6, 6.07) is 13.2. The van der Waals surface area contributed by atoms with Gasteiger partial charge in [0.25, 0.3) is 5.91 Å². The molecule has 23 heavy (non-hydrogen) atoms. The third-order valence-electron chi connectivity index (χ3n) is 3.74. The van der Waals surface area contributed by atoms with Crippen molar-refractivity contribution in [3.8, 4) is 0 Å². The molecular formula is C17H16N2O3S. The van der Waals surface area contributed by atoms with Gasteiger partial charge < -0.3 is 4.90 Å². The molecule has 118 valence electrons. The molecule has 5 nitrogen and oxygen atoms in total. The Morgan fingerprint density at radius 2 is 1.70 bits per heavy atom. The molecule has 0 radical (unpaired) electrons. The number of carbonyl (C=O) groups excluding carboxylic acids is 3. The molecule has 6 heteroatoms. The van der Waals surface area contributed by atoms with Crippen LogP contribution in [0, 0.1) is 0 Å². The normalized spacial score (nSPS) is 15.1. The lowest BCUT2D eigenvalue weighted by molar-refractivity contribution is -0.150. The first-order valence-corrected chi connectivity index (χ1v) is 8.23. The minimum atomic E-state index is -0.318. The topological polar surface area (TPSA) is 57.7 Å². The van der Waals surface area contributed by atoms with Crippen molar-refractivity contribution in [2.24, 2.45) is 0 Å². The van der Waals surface area contributed by atoms with Crippen LogP contribution in [0.3, 0.4) is 0 Å². The summed E-state index contributed by atoms with van der Waals surface area (Å²) < 4.78 is 0. The van der Waals surface area contributed by atoms with Crippen LogP contribution >= 0.6 is 11.3 Å². The molecule has 0 saturated carbocycles. The van der Waals surface area contributed by atoms with Crippen molar-refractivity contribution in [3.05, 3.63) is 58.3 Å². The van der Waals surface area contributed by atoms with Crippen molar-refractivity contribution in [2.45, 2.75) is 6.42 Å². The molecule has 2 heterocycles. The molecule has 0 aliphatic carbocycles. The fourth-order valence-corrected chi connectivity index (χ4v) is 3.22. The maximum atomic E-state index is 12.3. The Kier molecular flexibility index (Phi) is 4.52. The van der Waals surface area contributed by atoms with E-state index in [0.29, 0.717) is 17.8 Å². The Bertz CT molecular complexity index is 695. The van der Waals surface area contributed by atoms with E-state index in [2.05, 4.69) is 0 Å². The van der Waals surface area contributed by atoms with Crippen molar-refractivity contribution in [1.82, 2.24) is 9.80 Å². The van der Waals surface area contributed by atoms with E-state index < -0.39 is 0 Å². The average molecular weight is 328 g/mol. The van der Waals surface area contributed by atoms with Crippen molar-refractivity contribution in [2.75, 3.05) is 19.6 Å². The first-order valence-electron chi connectivity index (χ1n) is 7.35. The van der Waals surface area contributed by atoms with Gasteiger partial charge in [0.2, 0.25) is 11.8 Å². The minimum Gasteiger partial charge on any atom is -0.319 e. The van der Waals surface area contributed by atoms with Crippen LogP contribution in [0.25, 0.3) is 0 Å². The summed E-state index contributed by atoms with van der Waals surface area (Å²) in [5, 5.41) is 1.80. The zero-order valence-electron chi connectivity index (χ0n) is 12.5. The van der Waals surface area contributed by atoms with Crippen LogP contribution in [0.5, 0.6) is 0 Å². The summed E-state index contributed by atoms with van der Waals surface area (Å²) >= 11 is 1.31. The average Bonchev–Trinajstić information content (AvgIpc) is 3.08. The number of piperazine rings is 1. The van der Waals surface area contributed by atoms with Gasteiger partial charge in [-0.25, -0.2) is 0 Å². The number of rotatable bonds is 4. The molecule has 1 aliphatic heterocycles. The third-order valence-corrected chi connectivity index (χ3v) is 4.60. The summed E-state index contributed by atoms with van der Waals surface area (Å²) in [5.74, 6) is -0.895. The van der Waals surface area contributed by atoms with Crippen molar-refractivity contribution >= 4 is 29.1 Å². The summed E-state index contributed by atoms with van der Waals surface area (Å²) in [5.41, 5.74) is 1.07. The number of carbonyl (C=O) groups is 3. The Balaban J connectivity index is 1.62. The zero-order chi connectivity index (χ0) is 16.2. The lowest BCUT2D eigenvalue weighted by atomic mass is 10.1. The molecule has 0 spiro atoms. The molecule has 3 rings (SSSR count). The highest BCUT2D eigenvalue weighted by atomic mass is 32.1. The number of hydrogen-bond acceptors (Lipinski definition) is 4. The fourth-order valence-electron chi connectivity index (χ4n) is 2.53. The number of imide groups is 1. The summed E-state index contributed by atoms with van der Waals surface area (Å²) in [4.78, 5) is 39.8. The largest absolute Gasteiger partial charge is 0.319 e. The van der Waals surface area contributed by atoms with Gasteiger partial charge in [0.05, 0.1) is 4.88 Å². The van der Waals surface area contributed by atoms with E-state index in [-0.39, 0.29) is 30.8 Å². The Labute approximate surface area is 138 Å². The van der Waals surface area contributed by atoms with Gasteiger partial charge in [-0.3, -0.25) is 19.3 Å². The van der Waals surface area contributed by atoms with E-state index in [4.69, 9.17) is 0 Å². The molecule has 1 aromatic heterocycles. The molecule has 0 bridgehead atoms. The molecule has 1 aliphatic rings. The van der Waals surface area contributed by atoms with Gasteiger partial charge in [-0.2, -0.15) is 0 Å². The van der Waals surface area contributed by atoms with Gasteiger partial charge in [0.1, 0.15) is 13.1 Å². The van der Waals surface area contributed by atoms with Gasteiger partial charge in [-0.1, -0.05) is 36.4 Å². The molecule has 3 amide bonds. The van der Waals surface area contributed by atoms with E-state index in [0.717, 1.165) is 5.56 Å². The molecule has 0 atom stereocenters. The monoisotopic (exact) mass is 328 g/mol. The van der Waals surface area contributed by atoms with Crippen LogP contribution in [0.15, 0.2) is 47.8 Å². The molecule has 1 saturated heterocycles. The molecular weight excluding hydrogens is 312 g/mol. The third kappa shape index (κ3) is 3.48. The molecule has 0 N–H and O–H groups in total. The maximum absolute atomic E-state index is 12.3. The SMILES string of the molecule is O=C(c1cccs1)N1CC(=O)N(CCc2ccccc2)C(=O)C1. The summed E-state index contributed by atoms with van der Waals surface area (Å²) in [6.45, 7) is 0.261. The summed E-state index contributed by atoms with van der Waals surface area (Å²) in [7, 11) is 0. The molecule has 0 unspecified atom stereocenters. The lowest BCUT2D eigenvalue weighted by Gasteiger charge is -2.32. The lowest BCUT2D eigenvalue weighted by Crippen LogP contribution is -2.55. The van der Waals surface area contributed by atoms with Crippen LogP contribution < -0.4 is 0 Å². The smallest absolute Gasteiger partial charge is 0.264 e. The Morgan fingerprint density at radius 3 is 2.30 bits per heavy atom. The first-order chi connectivity index (χ1) is 11.1. The van der Waals surface area contributed by atoms with Crippen molar-refractivity contribution in [3.63, 3.8) is 0 Å². The quantitative estimate of drug-likeness (QED) is 0.804. The Hall–Kier alpha value is -2.47. The van der Waals surface area contributed by atoms with Crippen LogP contribution in [0.4, 0.5) is 0 Å². The second-order valence-electron chi connectivity index (χ2n) is 5.31. The van der Waals surface area contributed by atoms with Gasteiger partial charge in [0, 0.05) is 6.54 Å². The number of nitrogens with zero attached hydrogens (tertiary/aromatic N) is 2. The van der Waals surface area contributed by atoms with Gasteiger partial charge in [0.15, 0.2) is 0 Å². The van der Waals surface area contributed by atoms with Gasteiger partial charge >= 0.3 is 0 Å². The fraction of sp³-hybridized carbons (Fsp3) is 0.235. The van der Waals surface area contributed by atoms with Crippen molar-refractivity contribution in [1.29, 1.82) is 0 Å². The van der Waals surface area contributed by atoms with E-state index >= 15 is 0 Å². The van der Waals surface area contributed by atoms with Crippen LogP contribution in [0.1, 0.15) is 15.2 Å². The highest BCUT2D eigenvalue weighted by Crippen LogP contribution is 2.15.